The lowest BCUT2D eigenvalue weighted by Gasteiger charge is -2.02. The lowest BCUT2D eigenvalue weighted by molar-refractivity contribution is 0.399. The number of benzene rings is 1. The van der Waals surface area contributed by atoms with Crippen LogP contribution in [-0.2, 0) is 16.8 Å². The fraction of sp³-hybridized carbons (Fsp3) is 0.250. The number of rotatable bonds is 2. The van der Waals surface area contributed by atoms with Crippen molar-refractivity contribution in [3.05, 3.63) is 35.9 Å². The van der Waals surface area contributed by atoms with E-state index in [0.717, 1.165) is 12.7 Å². The minimum Gasteiger partial charge on any atom is -0.772 e. The largest absolute Gasteiger partial charge is 0.772 e. The molecular formula is C8H11O3S-. The van der Waals surface area contributed by atoms with Gasteiger partial charge in [-0.15, -0.1) is 0 Å². The van der Waals surface area contributed by atoms with Crippen molar-refractivity contribution in [1.82, 2.24) is 0 Å². The summed E-state index contributed by atoms with van der Waals surface area (Å²) in [7, 11) is 1.00. The van der Waals surface area contributed by atoms with E-state index in [4.69, 9.17) is 5.11 Å². The van der Waals surface area contributed by atoms with Crippen molar-refractivity contribution >= 4 is 11.1 Å². The van der Waals surface area contributed by atoms with Crippen LogP contribution in [0.25, 0.3) is 0 Å². The lowest BCUT2D eigenvalue weighted by atomic mass is 10.2. The molecular weight excluding hydrogens is 176 g/mol. The highest BCUT2D eigenvalue weighted by molar-refractivity contribution is 7.78. The van der Waals surface area contributed by atoms with Gasteiger partial charge in [-0.3, -0.25) is 4.21 Å². The first-order valence-electron chi connectivity index (χ1n) is 3.33. The first-order chi connectivity index (χ1) is 5.79. The van der Waals surface area contributed by atoms with Crippen LogP contribution in [0.1, 0.15) is 5.56 Å². The van der Waals surface area contributed by atoms with Crippen LogP contribution in [0.4, 0.5) is 0 Å². The summed E-state index contributed by atoms with van der Waals surface area (Å²) in [5.41, 5.74) is 0.829. The Bertz CT molecular complexity index is 223. The minimum absolute atomic E-state index is 0.112. The van der Waals surface area contributed by atoms with E-state index in [9.17, 15) is 8.76 Å². The Morgan fingerprint density at radius 2 is 1.83 bits per heavy atom. The van der Waals surface area contributed by atoms with Gasteiger partial charge in [-0.25, -0.2) is 0 Å². The van der Waals surface area contributed by atoms with Crippen LogP contribution < -0.4 is 0 Å². The SMILES string of the molecule is CO.O=S([O-])Cc1ccccc1. The van der Waals surface area contributed by atoms with Gasteiger partial charge in [0.2, 0.25) is 0 Å². The van der Waals surface area contributed by atoms with E-state index >= 15 is 0 Å². The molecule has 1 aromatic carbocycles. The summed E-state index contributed by atoms with van der Waals surface area (Å²) in [4.78, 5) is 0. The molecule has 0 aliphatic heterocycles. The number of hydrogen-bond donors (Lipinski definition) is 1. The van der Waals surface area contributed by atoms with Gasteiger partial charge in [-0.1, -0.05) is 41.4 Å². The normalized spacial score (nSPS) is 11.2. The Labute approximate surface area is 74.3 Å². The minimum atomic E-state index is -1.97. The van der Waals surface area contributed by atoms with Crippen molar-refractivity contribution in [2.75, 3.05) is 7.11 Å². The Morgan fingerprint density at radius 3 is 2.25 bits per heavy atom. The predicted octanol–water partition coefficient (Wildman–Crippen LogP) is 0.674. The molecule has 0 radical (unpaired) electrons. The summed E-state index contributed by atoms with van der Waals surface area (Å²) in [6, 6.07) is 9.08. The Balaban J connectivity index is 0.000000561. The average molecular weight is 187 g/mol. The first kappa shape index (κ1) is 11.3. The molecule has 1 aromatic rings. The van der Waals surface area contributed by atoms with E-state index in [-0.39, 0.29) is 5.75 Å². The third-order valence-corrected chi connectivity index (χ3v) is 1.70. The van der Waals surface area contributed by atoms with Crippen molar-refractivity contribution < 1.29 is 13.9 Å². The predicted molar refractivity (Wildman–Crippen MR) is 47.2 cm³/mol. The molecule has 0 aliphatic carbocycles. The van der Waals surface area contributed by atoms with Gasteiger partial charge in [0.15, 0.2) is 0 Å². The van der Waals surface area contributed by atoms with Crippen LogP contribution in [0.3, 0.4) is 0 Å². The van der Waals surface area contributed by atoms with Crippen molar-refractivity contribution in [3.63, 3.8) is 0 Å². The van der Waals surface area contributed by atoms with Crippen molar-refractivity contribution in [1.29, 1.82) is 0 Å². The Kier molecular flexibility index (Phi) is 6.55. The van der Waals surface area contributed by atoms with E-state index in [1.165, 1.54) is 0 Å². The zero-order valence-corrected chi connectivity index (χ0v) is 7.58. The summed E-state index contributed by atoms with van der Waals surface area (Å²) in [6.07, 6.45) is 0. The van der Waals surface area contributed by atoms with E-state index < -0.39 is 11.1 Å². The summed E-state index contributed by atoms with van der Waals surface area (Å²) in [5, 5.41) is 7.00. The average Bonchev–Trinajstić information content (AvgIpc) is 2.08. The maximum Gasteiger partial charge on any atom is 0.0353 e. The molecule has 0 bridgehead atoms. The Hall–Kier alpha value is -0.710. The number of aliphatic hydroxyl groups is 1. The summed E-state index contributed by atoms with van der Waals surface area (Å²) >= 11 is -1.97. The molecule has 0 saturated heterocycles. The first-order valence-corrected chi connectivity index (χ1v) is 4.58. The number of aliphatic hydroxyl groups excluding tert-OH is 1. The fourth-order valence-electron chi connectivity index (χ4n) is 0.710. The molecule has 0 fully saturated rings. The Morgan fingerprint density at radius 1 is 1.33 bits per heavy atom. The fourth-order valence-corrected chi connectivity index (χ4v) is 1.17. The summed E-state index contributed by atoms with van der Waals surface area (Å²) in [6.45, 7) is 0. The lowest BCUT2D eigenvalue weighted by Crippen LogP contribution is -1.91. The van der Waals surface area contributed by atoms with Crippen LogP contribution in [0.5, 0.6) is 0 Å². The van der Waals surface area contributed by atoms with Crippen LogP contribution in [0.15, 0.2) is 30.3 Å². The second-order valence-electron chi connectivity index (χ2n) is 1.93. The molecule has 1 unspecified atom stereocenters. The highest BCUT2D eigenvalue weighted by Crippen LogP contribution is 2.00. The highest BCUT2D eigenvalue weighted by Gasteiger charge is 1.87. The quantitative estimate of drug-likeness (QED) is 0.692. The maximum absolute atomic E-state index is 10.2. The van der Waals surface area contributed by atoms with Gasteiger partial charge in [0, 0.05) is 12.9 Å². The van der Waals surface area contributed by atoms with E-state index in [1.807, 2.05) is 18.2 Å². The third-order valence-electron chi connectivity index (χ3n) is 1.13. The monoisotopic (exact) mass is 187 g/mol. The smallest absolute Gasteiger partial charge is 0.0353 e. The molecule has 1 N–H and O–H groups in total. The van der Waals surface area contributed by atoms with E-state index in [0.29, 0.717) is 0 Å². The van der Waals surface area contributed by atoms with Crippen LogP contribution in [0.2, 0.25) is 0 Å². The molecule has 1 rings (SSSR count). The summed E-state index contributed by atoms with van der Waals surface area (Å²) in [5.74, 6) is 0.112. The molecule has 3 nitrogen and oxygen atoms in total. The van der Waals surface area contributed by atoms with Crippen LogP contribution >= 0.6 is 0 Å². The molecule has 4 heteroatoms. The second-order valence-corrected chi connectivity index (χ2v) is 2.83. The molecule has 0 heterocycles. The summed E-state index contributed by atoms with van der Waals surface area (Å²) < 4.78 is 20.3. The van der Waals surface area contributed by atoms with Crippen LogP contribution in [-0.4, -0.2) is 21.0 Å². The van der Waals surface area contributed by atoms with Gasteiger partial charge in [-0.2, -0.15) is 0 Å². The van der Waals surface area contributed by atoms with E-state index in [2.05, 4.69) is 0 Å². The highest BCUT2D eigenvalue weighted by atomic mass is 32.2. The second kappa shape index (κ2) is 6.97. The van der Waals surface area contributed by atoms with Gasteiger partial charge in [-0.05, 0) is 5.56 Å². The molecule has 0 aliphatic rings. The number of hydrogen-bond acceptors (Lipinski definition) is 3. The zero-order chi connectivity index (χ0) is 9.40. The zero-order valence-electron chi connectivity index (χ0n) is 6.77. The van der Waals surface area contributed by atoms with Gasteiger partial charge >= 0.3 is 0 Å². The standard InChI is InChI=1S/C7H8O2S.CH4O/c8-10(9)6-7-4-2-1-3-5-7;1-2/h1-5H,6H2,(H,8,9);2H,1H3/p-1. The van der Waals surface area contributed by atoms with Crippen molar-refractivity contribution in [3.8, 4) is 0 Å². The molecule has 0 saturated carbocycles. The van der Waals surface area contributed by atoms with Gasteiger partial charge in [0.1, 0.15) is 0 Å². The van der Waals surface area contributed by atoms with Crippen molar-refractivity contribution in [2.24, 2.45) is 0 Å². The van der Waals surface area contributed by atoms with Gasteiger partial charge < -0.3 is 9.66 Å². The molecule has 12 heavy (non-hydrogen) atoms. The topological polar surface area (TPSA) is 60.4 Å². The van der Waals surface area contributed by atoms with Crippen molar-refractivity contribution in [2.45, 2.75) is 5.75 Å². The molecule has 0 spiro atoms. The molecule has 0 aromatic heterocycles. The maximum atomic E-state index is 10.2. The molecule has 0 amide bonds. The third kappa shape index (κ3) is 5.01. The molecule has 1 atom stereocenters. The van der Waals surface area contributed by atoms with Crippen LogP contribution in [0, 0.1) is 0 Å². The van der Waals surface area contributed by atoms with Gasteiger partial charge in [0.25, 0.3) is 0 Å². The molecule has 68 valence electrons. The van der Waals surface area contributed by atoms with E-state index in [1.54, 1.807) is 12.1 Å². The van der Waals surface area contributed by atoms with Gasteiger partial charge in [0.05, 0.1) is 0 Å².